The molecule has 0 aromatic rings. The molecule has 0 saturated heterocycles. The Hall–Kier alpha value is 1.62. The molecule has 1 radical (unpaired) electrons. The Balaban J connectivity index is -0.0000000800. The fourth-order valence-corrected chi connectivity index (χ4v) is 0. The summed E-state index contributed by atoms with van der Waals surface area (Å²) in [5.74, 6) is 0. The first-order valence-electron chi connectivity index (χ1n) is 0.730. The molecule has 7 heteroatoms. The summed E-state index contributed by atoms with van der Waals surface area (Å²) in [5.41, 5.74) is 0. The van der Waals surface area contributed by atoms with Crippen molar-refractivity contribution < 1.29 is 49.1 Å². The van der Waals surface area contributed by atoms with Crippen molar-refractivity contribution in [1.29, 1.82) is 0 Å². The molecule has 0 unspecified atom stereocenters. The van der Waals surface area contributed by atoms with Gasteiger partial charge < -0.3 is 0 Å². The quantitative estimate of drug-likeness (QED) is 0.398. The van der Waals surface area contributed by atoms with Gasteiger partial charge in [0, 0.05) is 0 Å². The first-order chi connectivity index (χ1) is 2.00. The van der Waals surface area contributed by atoms with Crippen LogP contribution in [0.1, 0.15) is 0 Å². The summed E-state index contributed by atoms with van der Waals surface area (Å²) in [5, 5.41) is 0. The normalized spacial score (nSPS) is 8.43. The summed E-state index contributed by atoms with van der Waals surface area (Å²) in [6, 6.07) is 0. The third kappa shape index (κ3) is 92.0. The zero-order valence-corrected chi connectivity index (χ0v) is 7.19. The van der Waals surface area contributed by atoms with Gasteiger partial charge in [-0.1, -0.05) is 0 Å². The van der Waals surface area contributed by atoms with Crippen molar-refractivity contribution in [1.82, 2.24) is 0 Å². The molecule has 0 N–H and O–H groups in total. The van der Waals surface area contributed by atoms with Crippen LogP contribution < -0.4 is 29.0 Å². The second kappa shape index (κ2) is 5.75. The molecule has 0 aromatic carbocycles. The Labute approximate surface area is 68.7 Å². The fourth-order valence-electron chi connectivity index (χ4n) is 0. The van der Waals surface area contributed by atoms with E-state index in [0.717, 1.165) is 0 Å². The summed E-state index contributed by atoms with van der Waals surface area (Å²) in [6.07, 6.45) is 0. The van der Waals surface area contributed by atoms with Crippen LogP contribution in [0.5, 0.6) is 0 Å². The predicted molar refractivity (Wildman–Crippen MR) is 6.44 cm³/mol. The van der Waals surface area contributed by atoms with Gasteiger partial charge >= 0.3 is 69.2 Å². The van der Waals surface area contributed by atoms with Crippen molar-refractivity contribution in [2.45, 2.75) is 0 Å². The zero-order chi connectivity index (χ0) is 4.50. The molecule has 0 saturated carbocycles. The topological polar surface area (TPSA) is 86.2 Å². The Kier molecular flexibility index (Phi) is 13.0. The average Bonchev–Trinajstić information content (AvgIpc) is 0.722. The van der Waals surface area contributed by atoms with E-state index in [4.69, 9.17) is 13.2 Å². The van der Waals surface area contributed by atoms with E-state index >= 15 is 0 Å². The van der Waals surface area contributed by atoms with Gasteiger partial charge in [0.1, 0.15) is 0 Å². The molecule has 0 aliphatic carbocycles. The van der Waals surface area contributed by atoms with Crippen LogP contribution in [0, 0.1) is 0 Å². The summed E-state index contributed by atoms with van der Waals surface area (Å²) in [4.78, 5) is 0. The second-order valence-corrected chi connectivity index (χ2v) is 3.00. The molecule has 0 bridgehead atoms. The van der Waals surface area contributed by atoms with E-state index in [1.54, 1.807) is 0 Å². The van der Waals surface area contributed by atoms with E-state index in [1.807, 2.05) is 0 Å². The SMILES string of the molecule is [Li+].[Mn+2].[O]=[Sb]([O-])([O-])[O-]. The number of hydrogen-bond acceptors (Lipinski definition) is 4. The fraction of sp³-hybridized carbons (Fsp3) is 0. The van der Waals surface area contributed by atoms with Crippen LogP contribution >= 0.6 is 0 Å². The molecule has 0 atom stereocenters. The van der Waals surface area contributed by atoms with Crippen molar-refractivity contribution in [3.63, 3.8) is 0 Å². The van der Waals surface area contributed by atoms with Gasteiger partial charge in [-0.25, -0.2) is 0 Å². The maximum atomic E-state index is 8.64. The first kappa shape index (κ1) is 15.8. The van der Waals surface area contributed by atoms with Gasteiger partial charge in [-0.15, -0.1) is 0 Å². The molecule has 4 nitrogen and oxygen atoms in total. The molecule has 0 amide bonds. The minimum absolute atomic E-state index is 0. The van der Waals surface area contributed by atoms with Crippen molar-refractivity contribution >= 4 is 20.1 Å². The van der Waals surface area contributed by atoms with Gasteiger partial charge in [0.05, 0.1) is 0 Å². The second-order valence-electron chi connectivity index (χ2n) is 0.447. The van der Waals surface area contributed by atoms with Gasteiger partial charge in [-0.2, -0.15) is 0 Å². The molecule has 0 spiro atoms. The monoisotopic (exact) mass is 247 g/mol. The van der Waals surface area contributed by atoms with E-state index in [0.29, 0.717) is 0 Å². The average molecular weight is 248 g/mol. The van der Waals surface area contributed by atoms with Crippen molar-refractivity contribution in [2.75, 3.05) is 0 Å². The number of rotatable bonds is 0. The molecule has 0 fully saturated rings. The van der Waals surface area contributed by atoms with Crippen LogP contribution in [-0.2, 0) is 20.1 Å². The Morgan fingerprint density at radius 3 is 1.14 bits per heavy atom. The van der Waals surface area contributed by atoms with Crippen LogP contribution in [0.4, 0.5) is 0 Å². The van der Waals surface area contributed by atoms with E-state index in [-0.39, 0.29) is 35.9 Å². The van der Waals surface area contributed by atoms with Gasteiger partial charge in [-0.05, 0) is 0 Å². The zero-order valence-electron chi connectivity index (χ0n) is 3.46. The maximum absolute atomic E-state index is 8.64. The van der Waals surface area contributed by atoms with Gasteiger partial charge in [0.25, 0.3) is 0 Å². The summed E-state index contributed by atoms with van der Waals surface area (Å²) in [6.45, 7) is 0. The molecule has 0 aliphatic heterocycles. The molecule has 7 heavy (non-hydrogen) atoms. The third-order valence-corrected chi connectivity index (χ3v) is 0. The summed E-state index contributed by atoms with van der Waals surface area (Å²) >= 11 is -6.10. The van der Waals surface area contributed by atoms with Crippen molar-refractivity contribution in [2.24, 2.45) is 0 Å². The van der Waals surface area contributed by atoms with E-state index in [9.17, 15) is 0 Å². The van der Waals surface area contributed by atoms with Crippen LogP contribution in [-0.4, -0.2) is 20.1 Å². The Morgan fingerprint density at radius 2 is 1.14 bits per heavy atom. The number of hydrogen-bond donors (Lipinski definition) is 0. The summed E-state index contributed by atoms with van der Waals surface area (Å²) < 4.78 is 34.6. The van der Waals surface area contributed by atoms with E-state index < -0.39 is 20.1 Å². The van der Waals surface area contributed by atoms with Gasteiger partial charge in [0.2, 0.25) is 0 Å². The molecule has 0 aromatic heterocycles. The molecule has 0 heterocycles. The van der Waals surface area contributed by atoms with Crippen molar-refractivity contribution in [3.05, 3.63) is 0 Å². The molecule has 0 rings (SSSR count). The summed E-state index contributed by atoms with van der Waals surface area (Å²) in [7, 11) is 0. The van der Waals surface area contributed by atoms with Crippen LogP contribution in [0.2, 0.25) is 0 Å². The first-order valence-corrected chi connectivity index (χ1v) is 4.90. The third-order valence-electron chi connectivity index (χ3n) is 0. The molecular weight excluding hydrogens is 248 g/mol. The molecule has 0 aliphatic rings. The van der Waals surface area contributed by atoms with Crippen LogP contribution in [0.3, 0.4) is 0 Å². The van der Waals surface area contributed by atoms with Crippen LogP contribution in [0.25, 0.3) is 0 Å². The minimum atomic E-state index is -6.10. The molecular formula is LiMnO4Sb. The van der Waals surface area contributed by atoms with E-state index in [2.05, 4.69) is 0 Å². The Bertz CT molecular complexity index is 57.8. The molecule has 37 valence electrons. The van der Waals surface area contributed by atoms with E-state index in [1.165, 1.54) is 0 Å². The van der Waals surface area contributed by atoms with Gasteiger partial charge in [0.15, 0.2) is 0 Å². The van der Waals surface area contributed by atoms with Gasteiger partial charge in [-0.3, -0.25) is 0 Å². The Morgan fingerprint density at radius 1 is 1.14 bits per heavy atom. The standard InChI is InChI=1S/Li.Mn.4O.Sb/q+1;+2;;3*-1;. The predicted octanol–water partition coefficient (Wildman–Crippen LogP) is -7.07. The van der Waals surface area contributed by atoms with Crippen LogP contribution in [0.15, 0.2) is 0 Å². The van der Waals surface area contributed by atoms with Crippen molar-refractivity contribution in [3.8, 4) is 0 Å².